The lowest BCUT2D eigenvalue weighted by Gasteiger charge is -2.26. The topological polar surface area (TPSA) is 49.6 Å². The number of nitrogens with two attached hydrogens (primary N) is 1. The fourth-order valence-corrected chi connectivity index (χ4v) is 2.66. The third kappa shape index (κ3) is 3.33. The van der Waals surface area contributed by atoms with Crippen LogP contribution in [-0.4, -0.2) is 48.9 Å². The molecule has 1 saturated heterocycles. The Morgan fingerprint density at radius 3 is 2.95 bits per heavy atom. The molecule has 0 aliphatic carbocycles. The van der Waals surface area contributed by atoms with Crippen LogP contribution < -0.4 is 5.73 Å². The van der Waals surface area contributed by atoms with Crippen LogP contribution >= 0.6 is 0 Å². The highest BCUT2D eigenvalue weighted by Gasteiger charge is 2.24. The van der Waals surface area contributed by atoms with Crippen LogP contribution in [0.1, 0.15) is 28.8 Å². The smallest absolute Gasteiger partial charge is 0.253 e. The molecule has 1 aliphatic rings. The van der Waals surface area contributed by atoms with Crippen LogP contribution in [0.25, 0.3) is 0 Å². The minimum atomic E-state index is 0.0793. The average Bonchev–Trinajstić information content (AvgIpc) is 2.83. The van der Waals surface area contributed by atoms with Gasteiger partial charge in [0.05, 0.1) is 0 Å². The molecule has 4 nitrogen and oxygen atoms in total. The molecule has 19 heavy (non-hydrogen) atoms. The standard InChI is InChI=1S/C15H23N3O/c1-17-8-4-7-14(17)11-18(2)15(19)13-6-3-5-12(9-13)10-16/h3,5-6,9,14H,4,7-8,10-11,16H2,1-2H3. The second kappa shape index (κ2) is 6.17. The van der Waals surface area contributed by atoms with Crippen molar-refractivity contribution in [1.82, 2.24) is 9.80 Å². The molecule has 1 amide bonds. The molecule has 4 heteroatoms. The van der Waals surface area contributed by atoms with Gasteiger partial charge in [-0.2, -0.15) is 0 Å². The molecule has 1 heterocycles. The first-order valence-electron chi connectivity index (χ1n) is 6.86. The fraction of sp³-hybridized carbons (Fsp3) is 0.533. The van der Waals surface area contributed by atoms with Crippen molar-refractivity contribution in [2.75, 3.05) is 27.2 Å². The van der Waals surface area contributed by atoms with E-state index in [0.717, 1.165) is 24.2 Å². The van der Waals surface area contributed by atoms with Crippen molar-refractivity contribution in [1.29, 1.82) is 0 Å². The third-order valence-electron chi connectivity index (χ3n) is 3.91. The Hall–Kier alpha value is -1.39. The summed E-state index contributed by atoms with van der Waals surface area (Å²) >= 11 is 0. The van der Waals surface area contributed by atoms with E-state index in [0.29, 0.717) is 12.6 Å². The third-order valence-corrected chi connectivity index (χ3v) is 3.91. The van der Waals surface area contributed by atoms with Gasteiger partial charge in [0, 0.05) is 31.7 Å². The zero-order valence-corrected chi connectivity index (χ0v) is 11.8. The minimum Gasteiger partial charge on any atom is -0.340 e. The number of benzene rings is 1. The molecule has 0 bridgehead atoms. The molecule has 2 N–H and O–H groups in total. The van der Waals surface area contributed by atoms with Crippen molar-refractivity contribution in [3.05, 3.63) is 35.4 Å². The Labute approximate surface area is 115 Å². The van der Waals surface area contributed by atoms with Crippen LogP contribution in [0, 0.1) is 0 Å². The van der Waals surface area contributed by atoms with Gasteiger partial charge in [0.15, 0.2) is 0 Å². The van der Waals surface area contributed by atoms with Gasteiger partial charge in [-0.3, -0.25) is 4.79 Å². The summed E-state index contributed by atoms with van der Waals surface area (Å²) in [6.45, 7) is 2.40. The maximum atomic E-state index is 12.4. The van der Waals surface area contributed by atoms with E-state index in [4.69, 9.17) is 5.73 Å². The quantitative estimate of drug-likeness (QED) is 0.889. The largest absolute Gasteiger partial charge is 0.340 e. The SMILES string of the molecule is CN(CC1CCCN1C)C(=O)c1cccc(CN)c1. The van der Waals surface area contributed by atoms with Gasteiger partial charge in [0.2, 0.25) is 0 Å². The molecule has 2 rings (SSSR count). The Morgan fingerprint density at radius 1 is 1.53 bits per heavy atom. The highest BCUT2D eigenvalue weighted by Crippen LogP contribution is 2.16. The van der Waals surface area contributed by atoms with Gasteiger partial charge in [-0.05, 0) is 44.1 Å². The van der Waals surface area contributed by atoms with Crippen molar-refractivity contribution in [2.45, 2.75) is 25.4 Å². The monoisotopic (exact) mass is 261 g/mol. The van der Waals surface area contributed by atoms with Gasteiger partial charge in [0.1, 0.15) is 0 Å². The van der Waals surface area contributed by atoms with Crippen molar-refractivity contribution in [3.63, 3.8) is 0 Å². The van der Waals surface area contributed by atoms with Crippen LogP contribution in [0.5, 0.6) is 0 Å². The minimum absolute atomic E-state index is 0.0793. The van der Waals surface area contributed by atoms with E-state index in [1.54, 1.807) is 0 Å². The summed E-state index contributed by atoms with van der Waals surface area (Å²) in [5.74, 6) is 0.0793. The molecule has 1 aliphatic heterocycles. The average molecular weight is 261 g/mol. The van der Waals surface area contributed by atoms with E-state index in [-0.39, 0.29) is 5.91 Å². The number of hydrogen-bond donors (Lipinski definition) is 1. The summed E-state index contributed by atoms with van der Waals surface area (Å²) < 4.78 is 0. The summed E-state index contributed by atoms with van der Waals surface area (Å²) in [6, 6.07) is 8.08. The molecule has 1 aromatic rings. The maximum absolute atomic E-state index is 12.4. The van der Waals surface area contributed by atoms with E-state index in [1.165, 1.54) is 12.8 Å². The highest BCUT2D eigenvalue weighted by molar-refractivity contribution is 5.94. The van der Waals surface area contributed by atoms with Gasteiger partial charge in [-0.25, -0.2) is 0 Å². The highest BCUT2D eigenvalue weighted by atomic mass is 16.2. The van der Waals surface area contributed by atoms with Crippen LogP contribution in [0.3, 0.4) is 0 Å². The van der Waals surface area contributed by atoms with E-state index in [9.17, 15) is 4.79 Å². The predicted molar refractivity (Wildman–Crippen MR) is 76.9 cm³/mol. The molecule has 0 aromatic heterocycles. The Bertz CT molecular complexity index is 447. The number of carbonyl (C=O) groups excluding carboxylic acids is 1. The van der Waals surface area contributed by atoms with E-state index < -0.39 is 0 Å². The first kappa shape index (κ1) is 14.0. The number of amides is 1. The Balaban J connectivity index is 2.01. The first-order chi connectivity index (χ1) is 9.11. The number of rotatable bonds is 4. The lowest BCUT2D eigenvalue weighted by atomic mass is 10.1. The van der Waals surface area contributed by atoms with Crippen LogP contribution in [0.2, 0.25) is 0 Å². The van der Waals surface area contributed by atoms with E-state index in [1.807, 2.05) is 36.2 Å². The second-order valence-corrected chi connectivity index (χ2v) is 5.37. The number of hydrogen-bond acceptors (Lipinski definition) is 3. The predicted octanol–water partition coefficient (Wildman–Crippen LogP) is 1.31. The number of likely N-dealkylation sites (tertiary alicyclic amines) is 1. The van der Waals surface area contributed by atoms with Gasteiger partial charge < -0.3 is 15.5 Å². The molecule has 1 aromatic carbocycles. The normalized spacial score (nSPS) is 19.6. The molecular weight excluding hydrogens is 238 g/mol. The molecule has 0 spiro atoms. The van der Waals surface area contributed by atoms with Crippen molar-refractivity contribution >= 4 is 5.91 Å². The van der Waals surface area contributed by atoms with Gasteiger partial charge >= 0.3 is 0 Å². The van der Waals surface area contributed by atoms with Crippen molar-refractivity contribution in [3.8, 4) is 0 Å². The summed E-state index contributed by atoms with van der Waals surface area (Å²) in [5, 5.41) is 0. The zero-order chi connectivity index (χ0) is 13.8. The van der Waals surface area contributed by atoms with Gasteiger partial charge in [-0.1, -0.05) is 12.1 Å². The number of likely N-dealkylation sites (N-methyl/N-ethyl adjacent to an activating group) is 2. The Morgan fingerprint density at radius 2 is 2.32 bits per heavy atom. The van der Waals surface area contributed by atoms with E-state index in [2.05, 4.69) is 11.9 Å². The molecular formula is C15H23N3O. The van der Waals surface area contributed by atoms with Crippen molar-refractivity contribution < 1.29 is 4.79 Å². The number of carbonyl (C=O) groups is 1. The summed E-state index contributed by atoms with van der Waals surface area (Å²) in [6.07, 6.45) is 2.41. The Kier molecular flexibility index (Phi) is 4.56. The lowest BCUT2D eigenvalue weighted by molar-refractivity contribution is 0.0761. The van der Waals surface area contributed by atoms with Crippen LogP contribution in [-0.2, 0) is 6.54 Å². The molecule has 1 unspecified atom stereocenters. The zero-order valence-electron chi connectivity index (χ0n) is 11.8. The molecule has 104 valence electrons. The molecule has 0 saturated carbocycles. The summed E-state index contributed by atoms with van der Waals surface area (Å²) in [7, 11) is 4.01. The lowest BCUT2D eigenvalue weighted by Crippen LogP contribution is -2.39. The second-order valence-electron chi connectivity index (χ2n) is 5.37. The first-order valence-corrected chi connectivity index (χ1v) is 6.86. The fourth-order valence-electron chi connectivity index (χ4n) is 2.66. The van der Waals surface area contributed by atoms with Crippen LogP contribution in [0.15, 0.2) is 24.3 Å². The van der Waals surface area contributed by atoms with Crippen molar-refractivity contribution in [2.24, 2.45) is 5.73 Å². The summed E-state index contributed by atoms with van der Waals surface area (Å²) in [5.41, 5.74) is 7.34. The maximum Gasteiger partial charge on any atom is 0.253 e. The molecule has 1 atom stereocenters. The van der Waals surface area contributed by atoms with E-state index >= 15 is 0 Å². The molecule has 1 fully saturated rings. The van der Waals surface area contributed by atoms with Gasteiger partial charge in [-0.15, -0.1) is 0 Å². The summed E-state index contributed by atoms with van der Waals surface area (Å²) in [4.78, 5) is 16.5. The number of nitrogens with zero attached hydrogens (tertiary/aromatic N) is 2. The van der Waals surface area contributed by atoms with Crippen LogP contribution in [0.4, 0.5) is 0 Å². The molecule has 0 radical (unpaired) electrons. The van der Waals surface area contributed by atoms with Gasteiger partial charge in [0.25, 0.3) is 5.91 Å².